The average molecular weight is 350 g/mol. The molecule has 1 saturated carbocycles. The molecule has 0 unspecified atom stereocenters. The number of fused-ring (bicyclic) bond motifs is 1. The third-order valence-corrected chi connectivity index (χ3v) is 4.83. The van der Waals surface area contributed by atoms with Gasteiger partial charge in [-0.05, 0) is 57.2 Å². The molecular weight excluding hydrogens is 322 g/mol. The highest BCUT2D eigenvalue weighted by molar-refractivity contribution is 5.95. The molecule has 1 aromatic heterocycles. The summed E-state index contributed by atoms with van der Waals surface area (Å²) in [6.07, 6.45) is 9.52. The number of aryl methyl sites for hydroxylation is 1. The quantitative estimate of drug-likeness (QED) is 0.696. The lowest BCUT2D eigenvalue weighted by molar-refractivity contribution is 0.276. The zero-order chi connectivity index (χ0) is 16.1. The number of halogens is 1. The Labute approximate surface area is 150 Å². The van der Waals surface area contributed by atoms with Crippen LogP contribution in [0.3, 0.4) is 0 Å². The molecule has 4 nitrogen and oxygen atoms in total. The fourth-order valence-corrected chi connectivity index (χ4v) is 3.58. The van der Waals surface area contributed by atoms with Crippen molar-refractivity contribution in [2.45, 2.75) is 51.1 Å². The summed E-state index contributed by atoms with van der Waals surface area (Å²) in [5.41, 5.74) is 2.46. The Kier molecular flexibility index (Phi) is 7.28. The standard InChI is InChI=1S/C19H27N3O.ClH/c1-14-12-20-13-15-4-2-5-18(19(14)15)22-17-8-6-16(7-9-17)21-10-3-11-23;/h2,4-5,12-13,16-17,21-23H,3,6-11H2,1H3;1H/t16-,17+;. The van der Waals surface area contributed by atoms with E-state index >= 15 is 0 Å². The zero-order valence-electron chi connectivity index (χ0n) is 14.3. The maximum absolute atomic E-state index is 8.86. The first kappa shape index (κ1) is 19.0. The van der Waals surface area contributed by atoms with Crippen LogP contribution in [0.4, 0.5) is 5.69 Å². The molecular formula is C19H28ClN3O. The van der Waals surface area contributed by atoms with Crippen LogP contribution in [0.2, 0.25) is 0 Å². The normalized spacial score (nSPS) is 20.6. The van der Waals surface area contributed by atoms with E-state index in [1.54, 1.807) is 0 Å². The molecule has 0 aliphatic heterocycles. The molecule has 0 radical (unpaired) electrons. The van der Waals surface area contributed by atoms with Gasteiger partial charge < -0.3 is 15.7 Å². The third-order valence-electron chi connectivity index (χ3n) is 4.83. The van der Waals surface area contributed by atoms with Gasteiger partial charge in [-0.25, -0.2) is 0 Å². The van der Waals surface area contributed by atoms with Gasteiger partial charge in [0.15, 0.2) is 0 Å². The maximum Gasteiger partial charge on any atom is 0.0443 e. The van der Waals surface area contributed by atoms with Gasteiger partial charge in [-0.3, -0.25) is 4.98 Å². The fraction of sp³-hybridized carbons (Fsp3) is 0.526. The van der Waals surface area contributed by atoms with Crippen molar-refractivity contribution in [1.82, 2.24) is 10.3 Å². The van der Waals surface area contributed by atoms with Crippen LogP contribution in [0.15, 0.2) is 30.6 Å². The van der Waals surface area contributed by atoms with Crippen LogP contribution >= 0.6 is 12.4 Å². The summed E-state index contributed by atoms with van der Waals surface area (Å²) >= 11 is 0. The van der Waals surface area contributed by atoms with Gasteiger partial charge in [-0.1, -0.05) is 12.1 Å². The van der Waals surface area contributed by atoms with E-state index in [0.717, 1.165) is 13.0 Å². The van der Waals surface area contributed by atoms with Gasteiger partial charge in [0.2, 0.25) is 0 Å². The number of aromatic nitrogens is 1. The number of aliphatic hydroxyl groups is 1. The summed E-state index contributed by atoms with van der Waals surface area (Å²) in [5.74, 6) is 0. The van der Waals surface area contributed by atoms with Crippen LogP contribution < -0.4 is 10.6 Å². The number of hydrogen-bond acceptors (Lipinski definition) is 4. The van der Waals surface area contributed by atoms with Gasteiger partial charge in [0, 0.05) is 47.5 Å². The summed E-state index contributed by atoms with van der Waals surface area (Å²) < 4.78 is 0. The Balaban J connectivity index is 0.00000208. The molecule has 5 heteroatoms. The average Bonchev–Trinajstić information content (AvgIpc) is 2.57. The Morgan fingerprint density at radius 3 is 2.62 bits per heavy atom. The fourth-order valence-electron chi connectivity index (χ4n) is 3.58. The van der Waals surface area contributed by atoms with Crippen molar-refractivity contribution in [3.05, 3.63) is 36.2 Å². The molecule has 3 N–H and O–H groups in total. The van der Waals surface area contributed by atoms with Gasteiger partial charge in [0.05, 0.1) is 0 Å². The van der Waals surface area contributed by atoms with Crippen molar-refractivity contribution in [2.75, 3.05) is 18.5 Å². The Hall–Kier alpha value is -1.36. The SMILES string of the molecule is Cc1cncc2cccc(N[C@H]3CC[C@@H](NCCCO)CC3)c12.Cl. The van der Waals surface area contributed by atoms with Gasteiger partial charge in [-0.15, -0.1) is 12.4 Å². The summed E-state index contributed by atoms with van der Waals surface area (Å²) in [6, 6.07) is 7.57. The molecule has 1 aliphatic carbocycles. The van der Waals surface area contributed by atoms with E-state index in [4.69, 9.17) is 5.11 Å². The largest absolute Gasteiger partial charge is 0.396 e. The number of benzene rings is 1. The summed E-state index contributed by atoms with van der Waals surface area (Å²) in [7, 11) is 0. The highest BCUT2D eigenvalue weighted by atomic mass is 35.5. The number of hydrogen-bond donors (Lipinski definition) is 3. The topological polar surface area (TPSA) is 57.2 Å². The number of nitrogens with one attached hydrogen (secondary N) is 2. The van der Waals surface area contributed by atoms with Crippen LogP contribution in [0.5, 0.6) is 0 Å². The van der Waals surface area contributed by atoms with E-state index in [9.17, 15) is 0 Å². The van der Waals surface area contributed by atoms with Gasteiger partial charge in [-0.2, -0.15) is 0 Å². The maximum atomic E-state index is 8.86. The molecule has 0 bridgehead atoms. The Morgan fingerprint density at radius 2 is 1.88 bits per heavy atom. The lowest BCUT2D eigenvalue weighted by Gasteiger charge is -2.31. The van der Waals surface area contributed by atoms with E-state index in [2.05, 4.69) is 40.7 Å². The molecule has 1 aliphatic rings. The molecule has 1 aromatic carbocycles. The second-order valence-electron chi connectivity index (χ2n) is 6.58. The predicted octanol–water partition coefficient (Wildman–Crippen LogP) is 3.66. The zero-order valence-corrected chi connectivity index (χ0v) is 15.1. The minimum atomic E-state index is 0. The number of aliphatic hydroxyl groups excluding tert-OH is 1. The van der Waals surface area contributed by atoms with Gasteiger partial charge in [0.1, 0.15) is 0 Å². The summed E-state index contributed by atoms with van der Waals surface area (Å²) in [4.78, 5) is 4.29. The van der Waals surface area contributed by atoms with E-state index in [1.807, 2.05) is 12.4 Å². The highest BCUT2D eigenvalue weighted by Crippen LogP contribution is 2.29. The molecule has 0 atom stereocenters. The van der Waals surface area contributed by atoms with Gasteiger partial charge in [0.25, 0.3) is 0 Å². The number of rotatable bonds is 6. The molecule has 1 heterocycles. The smallest absolute Gasteiger partial charge is 0.0443 e. The van der Waals surface area contributed by atoms with E-state index in [0.29, 0.717) is 12.1 Å². The van der Waals surface area contributed by atoms with E-state index < -0.39 is 0 Å². The van der Waals surface area contributed by atoms with E-state index in [-0.39, 0.29) is 19.0 Å². The van der Waals surface area contributed by atoms with Crippen LogP contribution in [0, 0.1) is 6.92 Å². The van der Waals surface area contributed by atoms with E-state index in [1.165, 1.54) is 47.7 Å². The van der Waals surface area contributed by atoms with Crippen LogP contribution in [-0.4, -0.2) is 35.3 Å². The molecule has 2 aromatic rings. The number of pyridine rings is 1. The van der Waals surface area contributed by atoms with Crippen molar-refractivity contribution < 1.29 is 5.11 Å². The highest BCUT2D eigenvalue weighted by Gasteiger charge is 2.21. The molecule has 0 saturated heterocycles. The monoisotopic (exact) mass is 349 g/mol. The molecule has 132 valence electrons. The van der Waals surface area contributed by atoms with Crippen LogP contribution in [0.1, 0.15) is 37.7 Å². The number of anilines is 1. The van der Waals surface area contributed by atoms with Crippen molar-refractivity contribution in [1.29, 1.82) is 0 Å². The Bertz CT molecular complexity index is 636. The summed E-state index contributed by atoms with van der Waals surface area (Å²) in [6.45, 7) is 3.33. The lowest BCUT2D eigenvalue weighted by Crippen LogP contribution is -2.37. The van der Waals surface area contributed by atoms with Crippen LogP contribution in [-0.2, 0) is 0 Å². The summed E-state index contributed by atoms with van der Waals surface area (Å²) in [5, 5.41) is 18.7. The van der Waals surface area contributed by atoms with Crippen molar-refractivity contribution in [2.24, 2.45) is 0 Å². The first-order valence-electron chi connectivity index (χ1n) is 8.72. The minimum absolute atomic E-state index is 0. The van der Waals surface area contributed by atoms with Crippen molar-refractivity contribution in [3.63, 3.8) is 0 Å². The molecule has 24 heavy (non-hydrogen) atoms. The minimum Gasteiger partial charge on any atom is -0.396 e. The first-order chi connectivity index (χ1) is 11.3. The van der Waals surface area contributed by atoms with Gasteiger partial charge >= 0.3 is 0 Å². The first-order valence-corrected chi connectivity index (χ1v) is 8.72. The second kappa shape index (κ2) is 9.21. The molecule has 0 amide bonds. The number of nitrogens with zero attached hydrogens (tertiary/aromatic N) is 1. The lowest BCUT2D eigenvalue weighted by atomic mass is 9.90. The van der Waals surface area contributed by atoms with Crippen molar-refractivity contribution in [3.8, 4) is 0 Å². The second-order valence-corrected chi connectivity index (χ2v) is 6.58. The molecule has 0 spiro atoms. The predicted molar refractivity (Wildman–Crippen MR) is 103 cm³/mol. The Morgan fingerprint density at radius 1 is 1.12 bits per heavy atom. The third kappa shape index (κ3) is 4.59. The van der Waals surface area contributed by atoms with Crippen LogP contribution in [0.25, 0.3) is 10.8 Å². The van der Waals surface area contributed by atoms with Crippen molar-refractivity contribution >= 4 is 28.9 Å². The molecule has 3 rings (SSSR count). The molecule has 1 fully saturated rings.